The van der Waals surface area contributed by atoms with Crippen molar-refractivity contribution in [1.82, 2.24) is 18.4 Å². The van der Waals surface area contributed by atoms with Gasteiger partial charge in [-0.1, -0.05) is 3.71 Å². The fourth-order valence-electron chi connectivity index (χ4n) is 1.16. The maximum Gasteiger partial charge on any atom is 0.336 e. The van der Waals surface area contributed by atoms with E-state index in [1.165, 1.54) is 25.0 Å². The summed E-state index contributed by atoms with van der Waals surface area (Å²) >= 11 is 0. The second-order valence-corrected chi connectivity index (χ2v) is 7.93. The number of carbonyl (C=O) groups is 1. The van der Waals surface area contributed by atoms with E-state index in [-0.39, 0.29) is 21.4 Å². The molecule has 0 aliphatic heterocycles. The number of methoxy groups -OCH3 is 2. The maximum absolute atomic E-state index is 11.7. The number of hydrogen-bond acceptors (Lipinski definition) is 9. The molecule has 1 aromatic rings. The molecular formula is C9H15N5O7S2. The molecule has 1 rings (SSSR count). The summed E-state index contributed by atoms with van der Waals surface area (Å²) in [6, 6.07) is 0.0628. The molecule has 0 spiro atoms. The van der Waals surface area contributed by atoms with Gasteiger partial charge in [-0.05, 0) is 0 Å². The predicted molar refractivity (Wildman–Crippen MR) is 78.8 cm³/mol. The lowest BCUT2D eigenvalue weighted by Crippen LogP contribution is -2.45. The Morgan fingerprint density at radius 3 is 2.00 bits per heavy atom. The average Bonchev–Trinajstić information content (AvgIpc) is 2.44. The second kappa shape index (κ2) is 6.93. The van der Waals surface area contributed by atoms with Crippen LogP contribution in [-0.2, 0) is 20.2 Å². The number of amides is 2. The van der Waals surface area contributed by atoms with Crippen molar-refractivity contribution in [3.8, 4) is 11.8 Å². The van der Waals surface area contributed by atoms with Gasteiger partial charge in [0.1, 0.15) is 0 Å². The highest BCUT2D eigenvalue weighted by Gasteiger charge is 2.28. The zero-order valence-electron chi connectivity index (χ0n) is 12.6. The molecular weight excluding hydrogens is 354 g/mol. The summed E-state index contributed by atoms with van der Waals surface area (Å²) in [4.78, 5) is 19.2. The highest BCUT2D eigenvalue weighted by Crippen LogP contribution is 2.17. The smallest absolute Gasteiger partial charge is 0.336 e. The fraction of sp³-hybridized carbons (Fsp3) is 0.444. The second-order valence-electron chi connectivity index (χ2n) is 3.98. The van der Waals surface area contributed by atoms with Crippen LogP contribution in [0.5, 0.6) is 11.8 Å². The molecule has 0 saturated heterocycles. The van der Waals surface area contributed by atoms with Gasteiger partial charge in [0.25, 0.3) is 0 Å². The minimum atomic E-state index is -4.60. The van der Waals surface area contributed by atoms with Crippen LogP contribution in [0.4, 0.5) is 10.7 Å². The van der Waals surface area contributed by atoms with Crippen LogP contribution in [0.2, 0.25) is 0 Å². The SMILES string of the molecule is COc1cc(OC)nc(NC(=O)NS(=O)(=O)N(C)S(C)(=O)=O)n1. The molecule has 14 heteroatoms. The molecule has 0 fully saturated rings. The van der Waals surface area contributed by atoms with Gasteiger partial charge in [-0.25, -0.2) is 17.9 Å². The zero-order chi connectivity index (χ0) is 17.8. The number of nitrogens with zero attached hydrogens (tertiary/aromatic N) is 3. The number of ether oxygens (including phenoxy) is 2. The molecule has 130 valence electrons. The third-order valence-corrected chi connectivity index (χ3v) is 5.81. The molecule has 0 aliphatic rings. The van der Waals surface area contributed by atoms with Crippen LogP contribution in [0.3, 0.4) is 0 Å². The first-order valence-electron chi connectivity index (χ1n) is 5.74. The first-order chi connectivity index (χ1) is 10.5. The lowest BCUT2D eigenvalue weighted by Gasteiger charge is -2.15. The van der Waals surface area contributed by atoms with Crippen LogP contribution in [-0.4, -0.2) is 64.1 Å². The van der Waals surface area contributed by atoms with Crippen LogP contribution >= 0.6 is 0 Å². The van der Waals surface area contributed by atoms with E-state index >= 15 is 0 Å². The molecule has 0 saturated carbocycles. The van der Waals surface area contributed by atoms with Crippen molar-refractivity contribution in [3.63, 3.8) is 0 Å². The van der Waals surface area contributed by atoms with Crippen molar-refractivity contribution < 1.29 is 31.1 Å². The molecule has 0 unspecified atom stereocenters. The molecule has 0 atom stereocenters. The Labute approximate surface area is 133 Å². The summed E-state index contributed by atoms with van der Waals surface area (Å²) in [5, 5.41) is 2.02. The Morgan fingerprint density at radius 2 is 1.61 bits per heavy atom. The monoisotopic (exact) mass is 369 g/mol. The number of hydrogen-bond donors (Lipinski definition) is 2. The van der Waals surface area contributed by atoms with E-state index in [1.54, 1.807) is 0 Å². The minimum Gasteiger partial charge on any atom is -0.481 e. The lowest BCUT2D eigenvalue weighted by molar-refractivity contribution is 0.256. The van der Waals surface area contributed by atoms with Gasteiger partial charge in [0.05, 0.1) is 26.5 Å². The summed E-state index contributed by atoms with van der Waals surface area (Å²) < 4.78 is 57.0. The van der Waals surface area contributed by atoms with E-state index in [0.717, 1.165) is 7.05 Å². The Hall–Kier alpha value is -2.19. The van der Waals surface area contributed by atoms with E-state index in [1.807, 2.05) is 5.32 Å². The molecule has 0 radical (unpaired) electrons. The first-order valence-corrected chi connectivity index (χ1v) is 9.03. The van der Waals surface area contributed by atoms with Gasteiger partial charge in [-0.15, -0.1) is 0 Å². The molecule has 23 heavy (non-hydrogen) atoms. The zero-order valence-corrected chi connectivity index (χ0v) is 14.2. The number of nitrogens with one attached hydrogen (secondary N) is 2. The number of carbonyl (C=O) groups excluding carboxylic acids is 1. The van der Waals surface area contributed by atoms with Crippen molar-refractivity contribution in [2.45, 2.75) is 0 Å². The molecule has 2 N–H and O–H groups in total. The van der Waals surface area contributed by atoms with Gasteiger partial charge in [0.15, 0.2) is 0 Å². The lowest BCUT2D eigenvalue weighted by atomic mass is 10.6. The third-order valence-electron chi connectivity index (χ3n) is 2.35. The van der Waals surface area contributed by atoms with Crippen LogP contribution in [0.25, 0.3) is 0 Å². The summed E-state index contributed by atoms with van der Waals surface area (Å²) in [5.74, 6) is -0.192. The highest BCUT2D eigenvalue weighted by atomic mass is 32.3. The Kier molecular flexibility index (Phi) is 5.68. The van der Waals surface area contributed by atoms with Gasteiger partial charge in [-0.2, -0.15) is 18.4 Å². The van der Waals surface area contributed by atoms with Gasteiger partial charge in [0, 0.05) is 7.05 Å². The average molecular weight is 369 g/mol. The molecule has 0 aromatic carbocycles. The highest BCUT2D eigenvalue weighted by molar-refractivity contribution is 8.03. The predicted octanol–water partition coefficient (Wildman–Crippen LogP) is -1.25. The number of anilines is 1. The number of rotatable bonds is 6. The van der Waals surface area contributed by atoms with E-state index < -0.39 is 26.3 Å². The summed E-state index contributed by atoms with van der Waals surface area (Å²) in [7, 11) is -5.27. The van der Waals surface area contributed by atoms with Crippen molar-refractivity contribution in [2.24, 2.45) is 0 Å². The Morgan fingerprint density at radius 1 is 1.13 bits per heavy atom. The van der Waals surface area contributed by atoms with Crippen LogP contribution in [0.1, 0.15) is 0 Å². The van der Waals surface area contributed by atoms with Crippen LogP contribution in [0, 0.1) is 0 Å². The number of urea groups is 1. The Bertz CT molecular complexity index is 770. The fourth-order valence-corrected chi connectivity index (χ4v) is 3.11. The van der Waals surface area contributed by atoms with Crippen molar-refractivity contribution in [1.29, 1.82) is 0 Å². The normalized spacial score (nSPS) is 11.9. The topological polar surface area (TPSA) is 157 Å². The van der Waals surface area contributed by atoms with Crippen molar-refractivity contribution >= 4 is 32.2 Å². The van der Waals surface area contributed by atoms with E-state index in [0.29, 0.717) is 6.26 Å². The molecule has 2 amide bonds. The Balaban J connectivity index is 2.93. The number of aromatic nitrogens is 2. The molecule has 1 heterocycles. The summed E-state index contributed by atoms with van der Waals surface area (Å²) in [5.41, 5.74) is 0. The maximum atomic E-state index is 11.7. The van der Waals surface area contributed by atoms with Gasteiger partial charge in [0.2, 0.25) is 27.7 Å². The van der Waals surface area contributed by atoms with Crippen molar-refractivity contribution in [3.05, 3.63) is 6.07 Å². The minimum absolute atomic E-state index is 0.00654. The van der Waals surface area contributed by atoms with Gasteiger partial charge < -0.3 is 9.47 Å². The molecule has 0 bridgehead atoms. The molecule has 12 nitrogen and oxygen atoms in total. The van der Waals surface area contributed by atoms with E-state index in [9.17, 15) is 21.6 Å². The van der Waals surface area contributed by atoms with E-state index in [4.69, 9.17) is 9.47 Å². The van der Waals surface area contributed by atoms with Crippen LogP contribution < -0.4 is 19.5 Å². The first kappa shape index (κ1) is 18.9. The summed E-state index contributed by atoms with van der Waals surface area (Å²) in [6.07, 6.45) is 0.667. The van der Waals surface area contributed by atoms with Crippen molar-refractivity contribution in [2.75, 3.05) is 32.8 Å². The summed E-state index contributed by atoms with van der Waals surface area (Å²) in [6.45, 7) is 0. The van der Waals surface area contributed by atoms with Gasteiger partial charge in [-0.3, -0.25) is 5.32 Å². The van der Waals surface area contributed by atoms with Crippen LogP contribution in [0.15, 0.2) is 6.07 Å². The quantitative estimate of drug-likeness (QED) is 0.625. The number of sulfonamides is 1. The standard InChI is InChI=1S/C9H15N5O7S2/c1-14(22(4,16)17)23(18,19)13-9(15)12-8-10-6(20-2)5-7(11-8)21-3/h5H,1-4H3,(H2,10,11,12,13,15). The largest absolute Gasteiger partial charge is 0.481 e. The van der Waals surface area contributed by atoms with Gasteiger partial charge >= 0.3 is 16.2 Å². The molecule has 1 aromatic heterocycles. The molecule has 0 aliphatic carbocycles. The third kappa shape index (κ3) is 5.19. The van der Waals surface area contributed by atoms with E-state index in [2.05, 4.69) is 9.97 Å².